The fourth-order valence-electron chi connectivity index (χ4n) is 11.7. The predicted molar refractivity (Wildman–Crippen MR) is 316 cm³/mol. The SMILES string of the molecule is C1=CCCC(c2ccc(N(c3ccc(-c4ccccc4)cc3)c3ccc4c(c3)C(c3ccccc3)(c3ccccc3)c3cccc(N(c5ccc(-c6ccccc6)cc5)c5ccc(-c6ccccc6)cc5)c3-4)cc2)=C1. The maximum Gasteiger partial charge on any atom is 0.0715 e. The van der Waals surface area contributed by atoms with Crippen LogP contribution in [0.2, 0.25) is 0 Å². The Kier molecular flexibility index (Phi) is 12.0. The van der Waals surface area contributed by atoms with E-state index in [9.17, 15) is 0 Å². The Labute approximate surface area is 441 Å². The van der Waals surface area contributed by atoms with Gasteiger partial charge in [-0.05, 0) is 152 Å². The van der Waals surface area contributed by atoms with Gasteiger partial charge in [-0.15, -0.1) is 0 Å². The van der Waals surface area contributed by atoms with Crippen LogP contribution in [0.15, 0.2) is 303 Å². The molecule has 0 aromatic heterocycles. The standard InChI is InChI=1S/C73H54N2/c1-7-20-53(21-8-1)57-34-42-63(43-35-57)74(64-44-36-58(37-45-64)54-22-9-2-10-23-54)67-50-51-68-70(52-67)73(61-28-15-5-16-29-61,62-30-17-6-18-31-62)69-32-19-33-71(72(68)69)75(65-46-38-59(39-47-65)55-24-11-3-12-25-55)66-48-40-60(41-49-66)56-26-13-4-14-27-56/h1-9,11-22,24-52H,10,23H2. The summed E-state index contributed by atoms with van der Waals surface area (Å²) in [6.07, 6.45) is 8.82. The Bertz CT molecular complexity index is 3690. The summed E-state index contributed by atoms with van der Waals surface area (Å²) in [5.74, 6) is 0. The Morgan fingerprint density at radius 3 is 1.15 bits per heavy atom. The normalized spacial score (nSPS) is 13.1. The first-order chi connectivity index (χ1) is 37.2. The van der Waals surface area contributed by atoms with Crippen LogP contribution in [0.3, 0.4) is 0 Å². The number of fused-ring (bicyclic) bond motifs is 3. The summed E-state index contributed by atoms with van der Waals surface area (Å²) < 4.78 is 0. The molecular weight excluding hydrogens is 905 g/mol. The van der Waals surface area contributed by atoms with Gasteiger partial charge < -0.3 is 9.80 Å². The van der Waals surface area contributed by atoms with Crippen molar-refractivity contribution in [2.45, 2.75) is 18.3 Å². The fourth-order valence-corrected chi connectivity index (χ4v) is 11.7. The Morgan fingerprint density at radius 2 is 0.707 bits per heavy atom. The molecule has 0 aliphatic heterocycles. The molecule has 11 aromatic carbocycles. The lowest BCUT2D eigenvalue weighted by Gasteiger charge is -2.35. The number of rotatable bonds is 12. The lowest BCUT2D eigenvalue weighted by atomic mass is 9.67. The number of benzene rings is 11. The van der Waals surface area contributed by atoms with Gasteiger partial charge in [0.2, 0.25) is 0 Å². The molecule has 0 amide bonds. The van der Waals surface area contributed by atoms with Gasteiger partial charge in [0.05, 0.1) is 11.1 Å². The van der Waals surface area contributed by atoms with E-state index < -0.39 is 5.41 Å². The first-order valence-electron chi connectivity index (χ1n) is 26.1. The van der Waals surface area contributed by atoms with Gasteiger partial charge in [-0.2, -0.15) is 0 Å². The van der Waals surface area contributed by atoms with Crippen molar-refractivity contribution in [3.63, 3.8) is 0 Å². The fraction of sp³-hybridized carbons (Fsp3) is 0.0411. The highest BCUT2D eigenvalue weighted by atomic mass is 15.2. The van der Waals surface area contributed by atoms with E-state index in [0.29, 0.717) is 0 Å². The van der Waals surface area contributed by atoms with Gasteiger partial charge >= 0.3 is 0 Å². The molecule has 0 atom stereocenters. The second-order valence-corrected chi connectivity index (χ2v) is 19.5. The zero-order valence-electron chi connectivity index (χ0n) is 41.7. The third kappa shape index (κ3) is 8.37. The van der Waals surface area contributed by atoms with Crippen LogP contribution >= 0.6 is 0 Å². The van der Waals surface area contributed by atoms with Gasteiger partial charge in [0.25, 0.3) is 0 Å². The summed E-state index contributed by atoms with van der Waals surface area (Å²) >= 11 is 0. The van der Waals surface area contributed by atoms with Crippen molar-refractivity contribution in [3.05, 3.63) is 331 Å². The molecule has 0 unspecified atom stereocenters. The monoisotopic (exact) mass is 958 g/mol. The zero-order chi connectivity index (χ0) is 50.0. The summed E-state index contributed by atoms with van der Waals surface area (Å²) in [6.45, 7) is 0. The first kappa shape index (κ1) is 45.4. The van der Waals surface area contributed by atoms with Gasteiger partial charge in [0.15, 0.2) is 0 Å². The first-order valence-corrected chi connectivity index (χ1v) is 26.1. The summed E-state index contributed by atoms with van der Waals surface area (Å²) in [6, 6.07) is 105. The van der Waals surface area contributed by atoms with Gasteiger partial charge in [0.1, 0.15) is 0 Å². The minimum Gasteiger partial charge on any atom is -0.310 e. The quantitative estimate of drug-likeness (QED) is 0.120. The summed E-state index contributed by atoms with van der Waals surface area (Å²) in [4.78, 5) is 4.90. The Hall–Kier alpha value is -9.50. The van der Waals surface area contributed by atoms with Crippen molar-refractivity contribution in [2.75, 3.05) is 9.80 Å². The van der Waals surface area contributed by atoms with Crippen molar-refractivity contribution in [2.24, 2.45) is 0 Å². The van der Waals surface area contributed by atoms with Gasteiger partial charge in [0, 0.05) is 34.0 Å². The van der Waals surface area contributed by atoms with Crippen molar-refractivity contribution in [3.8, 4) is 44.5 Å². The molecule has 0 heterocycles. The van der Waals surface area contributed by atoms with Crippen LogP contribution in [0, 0.1) is 0 Å². The molecule has 11 aromatic rings. The van der Waals surface area contributed by atoms with E-state index in [2.05, 4.69) is 313 Å². The molecule has 0 radical (unpaired) electrons. The van der Waals surface area contributed by atoms with E-state index in [1.807, 2.05) is 0 Å². The summed E-state index contributed by atoms with van der Waals surface area (Å²) in [7, 11) is 0. The number of allylic oxidation sites excluding steroid dienone is 4. The molecule has 0 saturated carbocycles. The van der Waals surface area contributed by atoms with Gasteiger partial charge in [-0.3, -0.25) is 0 Å². The van der Waals surface area contributed by atoms with Crippen LogP contribution in [0.1, 0.15) is 40.7 Å². The lowest BCUT2D eigenvalue weighted by Crippen LogP contribution is -2.29. The number of nitrogens with zero attached hydrogens (tertiary/aromatic N) is 2. The molecule has 2 aliphatic carbocycles. The number of hydrogen-bond acceptors (Lipinski definition) is 2. The zero-order valence-corrected chi connectivity index (χ0v) is 41.7. The molecule has 0 fully saturated rings. The Balaban J connectivity index is 1.04. The van der Waals surface area contributed by atoms with Gasteiger partial charge in [-0.25, -0.2) is 0 Å². The van der Waals surface area contributed by atoms with Crippen LogP contribution in [0.25, 0.3) is 50.1 Å². The molecule has 2 nitrogen and oxygen atoms in total. The van der Waals surface area contributed by atoms with Crippen LogP contribution in [-0.2, 0) is 5.41 Å². The van der Waals surface area contributed by atoms with E-state index in [4.69, 9.17) is 0 Å². The average Bonchev–Trinajstić information content (AvgIpc) is 3.83. The molecule has 356 valence electrons. The minimum absolute atomic E-state index is 0.674. The second-order valence-electron chi connectivity index (χ2n) is 19.5. The maximum atomic E-state index is 2.49. The van der Waals surface area contributed by atoms with Crippen molar-refractivity contribution in [1.29, 1.82) is 0 Å². The molecule has 2 heteroatoms. The maximum absolute atomic E-state index is 2.49. The topological polar surface area (TPSA) is 6.48 Å². The van der Waals surface area contributed by atoms with E-state index >= 15 is 0 Å². The van der Waals surface area contributed by atoms with Crippen LogP contribution in [0.5, 0.6) is 0 Å². The third-order valence-electron chi connectivity index (χ3n) is 15.2. The van der Waals surface area contributed by atoms with Crippen LogP contribution in [0.4, 0.5) is 34.1 Å². The minimum atomic E-state index is -0.674. The van der Waals surface area contributed by atoms with Gasteiger partial charge in [-0.1, -0.05) is 237 Å². The van der Waals surface area contributed by atoms with E-state index in [1.54, 1.807) is 0 Å². The van der Waals surface area contributed by atoms with Crippen molar-refractivity contribution in [1.82, 2.24) is 0 Å². The smallest absolute Gasteiger partial charge is 0.0715 e. The van der Waals surface area contributed by atoms with E-state index in [-0.39, 0.29) is 0 Å². The highest BCUT2D eigenvalue weighted by molar-refractivity contribution is 5.99. The molecule has 0 N–H and O–H groups in total. The molecule has 75 heavy (non-hydrogen) atoms. The van der Waals surface area contributed by atoms with Crippen molar-refractivity contribution >= 4 is 39.7 Å². The summed E-state index contributed by atoms with van der Waals surface area (Å²) in [5, 5.41) is 0. The average molecular weight is 959 g/mol. The van der Waals surface area contributed by atoms with E-state index in [0.717, 1.165) is 47.0 Å². The molecule has 0 spiro atoms. The number of hydrogen-bond donors (Lipinski definition) is 0. The largest absolute Gasteiger partial charge is 0.310 e. The molecular formula is C73H54N2. The Morgan fingerprint density at radius 1 is 0.307 bits per heavy atom. The van der Waals surface area contributed by atoms with Crippen LogP contribution in [-0.4, -0.2) is 0 Å². The highest BCUT2D eigenvalue weighted by Crippen LogP contribution is 2.60. The molecule has 2 aliphatic rings. The third-order valence-corrected chi connectivity index (χ3v) is 15.2. The number of anilines is 6. The highest BCUT2D eigenvalue weighted by Gasteiger charge is 2.48. The predicted octanol–water partition coefficient (Wildman–Crippen LogP) is 19.7. The molecule has 0 saturated heterocycles. The second kappa shape index (κ2) is 19.8. The van der Waals surface area contributed by atoms with E-state index in [1.165, 1.54) is 77.9 Å². The summed E-state index contributed by atoms with van der Waals surface area (Å²) in [5.41, 5.74) is 23.0. The molecule has 13 rings (SSSR count). The van der Waals surface area contributed by atoms with Crippen LogP contribution < -0.4 is 9.80 Å². The lowest BCUT2D eigenvalue weighted by molar-refractivity contribution is 0.768. The molecule has 0 bridgehead atoms. The van der Waals surface area contributed by atoms with Crippen molar-refractivity contribution < 1.29 is 0 Å².